The van der Waals surface area contributed by atoms with Gasteiger partial charge in [0.15, 0.2) is 0 Å². The number of benzene rings is 1. The molecule has 2 aromatic rings. The number of aryl methyl sites for hydroxylation is 2. The molecule has 1 aliphatic rings. The summed E-state index contributed by atoms with van der Waals surface area (Å²) in [4.78, 5) is 24.6. The van der Waals surface area contributed by atoms with Crippen molar-refractivity contribution in [2.24, 2.45) is 0 Å². The third-order valence-electron chi connectivity index (χ3n) is 3.59. The molecule has 2 N–H and O–H groups in total. The van der Waals surface area contributed by atoms with Gasteiger partial charge in [0, 0.05) is 18.0 Å². The molecule has 1 amide bonds. The van der Waals surface area contributed by atoms with E-state index < -0.39 is 11.5 Å². The third-order valence-corrected chi connectivity index (χ3v) is 3.59. The molecule has 1 aromatic heterocycles. The minimum absolute atomic E-state index is 0.0955. The van der Waals surface area contributed by atoms with E-state index in [1.807, 2.05) is 26.0 Å². The lowest BCUT2D eigenvalue weighted by atomic mass is 10.1. The Hall–Kier alpha value is -2.30. The fourth-order valence-electron chi connectivity index (χ4n) is 2.76. The average Bonchev–Trinajstić information content (AvgIpc) is 2.80. The number of pyridine rings is 1. The summed E-state index contributed by atoms with van der Waals surface area (Å²) in [5.74, 6) is -0.742. The van der Waals surface area contributed by atoms with Crippen LogP contribution in [-0.4, -0.2) is 21.6 Å². The van der Waals surface area contributed by atoms with Crippen LogP contribution in [0.15, 0.2) is 23.0 Å². The fraction of sp³-hybridized carbons (Fsp3) is 0.333. The number of amides is 1. The first-order chi connectivity index (χ1) is 9.50. The predicted octanol–water partition coefficient (Wildman–Crippen LogP) is 1.40. The molecule has 5 nitrogen and oxygen atoms in total. The van der Waals surface area contributed by atoms with Crippen molar-refractivity contribution in [3.05, 3.63) is 39.7 Å². The van der Waals surface area contributed by atoms with Gasteiger partial charge < -0.3 is 15.0 Å². The molecule has 0 atom stereocenters. The van der Waals surface area contributed by atoms with Gasteiger partial charge in [0.05, 0.1) is 5.52 Å². The first kappa shape index (κ1) is 12.7. The average molecular weight is 272 g/mol. The van der Waals surface area contributed by atoms with Gasteiger partial charge >= 0.3 is 0 Å². The van der Waals surface area contributed by atoms with Crippen LogP contribution < -0.4 is 10.9 Å². The standard InChI is InChI=1S/C15H16N2O3/c1-8(2)16-14(19)11-13(18)10-5-3-4-9-6-7-17(12(9)10)15(11)20/h3-5,8,18H,6-7H2,1-2H3,(H,16,19). The monoisotopic (exact) mass is 272 g/mol. The molecular formula is C15H16N2O3. The van der Waals surface area contributed by atoms with Crippen molar-refractivity contribution in [1.29, 1.82) is 0 Å². The Morgan fingerprint density at radius 2 is 2.15 bits per heavy atom. The quantitative estimate of drug-likeness (QED) is 0.868. The molecule has 0 fully saturated rings. The van der Waals surface area contributed by atoms with E-state index in [0.29, 0.717) is 11.9 Å². The molecule has 0 unspecified atom stereocenters. The Bertz CT molecular complexity index is 775. The molecule has 1 aliphatic heterocycles. The van der Waals surface area contributed by atoms with Crippen LogP contribution in [0.4, 0.5) is 0 Å². The SMILES string of the molecule is CC(C)NC(=O)c1c(O)c2cccc3c2n(c1=O)CC3. The van der Waals surface area contributed by atoms with E-state index in [1.54, 1.807) is 10.6 Å². The molecule has 0 spiro atoms. The lowest BCUT2D eigenvalue weighted by Crippen LogP contribution is -2.36. The molecule has 1 aromatic carbocycles. The van der Waals surface area contributed by atoms with E-state index in [9.17, 15) is 14.7 Å². The Morgan fingerprint density at radius 3 is 2.85 bits per heavy atom. The van der Waals surface area contributed by atoms with Gasteiger partial charge in [0.25, 0.3) is 11.5 Å². The first-order valence-corrected chi connectivity index (χ1v) is 6.69. The highest BCUT2D eigenvalue weighted by molar-refractivity contribution is 6.03. The number of nitrogens with zero attached hydrogens (tertiary/aromatic N) is 1. The molecule has 104 valence electrons. The van der Waals surface area contributed by atoms with Crippen molar-refractivity contribution in [3.8, 4) is 5.75 Å². The van der Waals surface area contributed by atoms with E-state index in [1.165, 1.54) is 0 Å². The minimum atomic E-state index is -0.523. The van der Waals surface area contributed by atoms with Crippen LogP contribution in [0.2, 0.25) is 0 Å². The molecule has 0 radical (unpaired) electrons. The van der Waals surface area contributed by atoms with Gasteiger partial charge in [-0.25, -0.2) is 0 Å². The van der Waals surface area contributed by atoms with Gasteiger partial charge in [-0.1, -0.05) is 12.1 Å². The Balaban J connectivity index is 2.32. The Kier molecular flexibility index (Phi) is 2.78. The van der Waals surface area contributed by atoms with Crippen LogP contribution in [0.5, 0.6) is 5.75 Å². The van der Waals surface area contributed by atoms with E-state index in [2.05, 4.69) is 5.32 Å². The highest BCUT2D eigenvalue weighted by atomic mass is 16.3. The highest BCUT2D eigenvalue weighted by Gasteiger charge is 2.25. The van der Waals surface area contributed by atoms with Crippen molar-refractivity contribution in [2.45, 2.75) is 32.9 Å². The normalized spacial score (nSPS) is 13.2. The zero-order valence-electron chi connectivity index (χ0n) is 11.4. The predicted molar refractivity (Wildman–Crippen MR) is 76.2 cm³/mol. The maximum Gasteiger partial charge on any atom is 0.267 e. The lowest BCUT2D eigenvalue weighted by Gasteiger charge is -2.13. The largest absolute Gasteiger partial charge is 0.506 e. The fourth-order valence-corrected chi connectivity index (χ4v) is 2.76. The summed E-state index contributed by atoms with van der Waals surface area (Å²) in [7, 11) is 0. The van der Waals surface area contributed by atoms with Gasteiger partial charge in [0.2, 0.25) is 0 Å². The number of nitrogens with one attached hydrogen (secondary N) is 1. The summed E-state index contributed by atoms with van der Waals surface area (Å²) in [5, 5.41) is 13.5. The molecule has 5 heteroatoms. The second-order valence-electron chi connectivity index (χ2n) is 5.37. The number of hydrogen-bond donors (Lipinski definition) is 2. The summed E-state index contributed by atoms with van der Waals surface area (Å²) in [6, 6.07) is 5.42. The van der Waals surface area contributed by atoms with Gasteiger partial charge in [0.1, 0.15) is 11.3 Å². The topological polar surface area (TPSA) is 71.3 Å². The summed E-state index contributed by atoms with van der Waals surface area (Å²) in [6.45, 7) is 4.17. The Labute approximate surface area is 115 Å². The minimum Gasteiger partial charge on any atom is -0.506 e. The number of rotatable bonds is 2. The molecule has 3 rings (SSSR count). The van der Waals surface area contributed by atoms with Gasteiger partial charge in [-0.15, -0.1) is 0 Å². The van der Waals surface area contributed by atoms with Crippen molar-refractivity contribution in [3.63, 3.8) is 0 Å². The highest BCUT2D eigenvalue weighted by Crippen LogP contribution is 2.31. The maximum atomic E-state index is 12.4. The van der Waals surface area contributed by atoms with Crippen LogP contribution in [0, 0.1) is 0 Å². The number of hydrogen-bond acceptors (Lipinski definition) is 3. The Morgan fingerprint density at radius 1 is 1.40 bits per heavy atom. The van der Waals surface area contributed by atoms with Crippen molar-refractivity contribution in [2.75, 3.05) is 0 Å². The van der Waals surface area contributed by atoms with E-state index in [0.717, 1.165) is 17.5 Å². The second kappa shape index (κ2) is 4.37. The zero-order valence-corrected chi connectivity index (χ0v) is 11.4. The maximum absolute atomic E-state index is 12.4. The molecule has 0 saturated carbocycles. The summed E-state index contributed by atoms with van der Waals surface area (Å²) in [6.07, 6.45) is 0.751. The number of para-hydroxylation sites is 1. The number of aromatic hydroxyl groups is 1. The molecule has 0 aliphatic carbocycles. The first-order valence-electron chi connectivity index (χ1n) is 6.69. The lowest BCUT2D eigenvalue weighted by molar-refractivity contribution is 0.0938. The summed E-state index contributed by atoms with van der Waals surface area (Å²) < 4.78 is 1.58. The summed E-state index contributed by atoms with van der Waals surface area (Å²) >= 11 is 0. The zero-order chi connectivity index (χ0) is 14.4. The van der Waals surface area contributed by atoms with E-state index in [4.69, 9.17) is 0 Å². The van der Waals surface area contributed by atoms with Crippen LogP contribution in [-0.2, 0) is 13.0 Å². The van der Waals surface area contributed by atoms with Gasteiger partial charge in [-0.05, 0) is 31.9 Å². The van der Waals surface area contributed by atoms with Gasteiger partial charge in [-0.3, -0.25) is 9.59 Å². The van der Waals surface area contributed by atoms with E-state index in [-0.39, 0.29) is 17.4 Å². The number of carbonyl (C=O) groups is 1. The third kappa shape index (κ3) is 1.70. The number of aromatic nitrogens is 1. The van der Waals surface area contributed by atoms with Crippen LogP contribution in [0.25, 0.3) is 10.9 Å². The molecule has 20 heavy (non-hydrogen) atoms. The van der Waals surface area contributed by atoms with Crippen molar-refractivity contribution >= 4 is 16.8 Å². The summed E-state index contributed by atoms with van der Waals surface area (Å²) in [5.41, 5.74) is 1.20. The van der Waals surface area contributed by atoms with Crippen molar-refractivity contribution in [1.82, 2.24) is 9.88 Å². The molecule has 0 saturated heterocycles. The molecule has 0 bridgehead atoms. The van der Waals surface area contributed by atoms with Crippen LogP contribution in [0.1, 0.15) is 29.8 Å². The molecular weight excluding hydrogens is 256 g/mol. The number of carbonyl (C=O) groups excluding carboxylic acids is 1. The van der Waals surface area contributed by atoms with Crippen molar-refractivity contribution < 1.29 is 9.90 Å². The van der Waals surface area contributed by atoms with Gasteiger partial charge in [-0.2, -0.15) is 0 Å². The molecule has 2 heterocycles. The van der Waals surface area contributed by atoms with Crippen LogP contribution >= 0.6 is 0 Å². The van der Waals surface area contributed by atoms with Crippen LogP contribution in [0.3, 0.4) is 0 Å². The second-order valence-corrected chi connectivity index (χ2v) is 5.37. The smallest absolute Gasteiger partial charge is 0.267 e. The van der Waals surface area contributed by atoms with E-state index >= 15 is 0 Å².